The predicted molar refractivity (Wildman–Crippen MR) is 99.8 cm³/mol. The molecule has 0 radical (unpaired) electrons. The number of ether oxygens (including phenoxy) is 2. The highest BCUT2D eigenvalue weighted by Gasteiger charge is 2.15. The molecule has 0 atom stereocenters. The molecule has 0 unspecified atom stereocenters. The summed E-state index contributed by atoms with van der Waals surface area (Å²) in [4.78, 5) is 10.9. The molecule has 0 saturated carbocycles. The molecule has 1 aliphatic rings. The number of likely N-dealkylation sites (tertiary alicyclic amines) is 1. The molecule has 0 bridgehead atoms. The maximum atomic E-state index is 5.92. The van der Waals surface area contributed by atoms with Crippen molar-refractivity contribution in [1.29, 1.82) is 0 Å². The van der Waals surface area contributed by atoms with Crippen molar-refractivity contribution in [3.8, 4) is 28.8 Å². The Morgan fingerprint density at radius 3 is 2.74 bits per heavy atom. The standard InChI is InChI=1S/C20H22N4O3/c1-14-22-20(27-23-14)15-7-8-21-19(11-15)26-17-6-5-16(18(12-17)25-2)13-24-9-3-4-10-24/h5-8,11-12H,3-4,9-10,13H2,1-2H3. The van der Waals surface area contributed by atoms with Crippen LogP contribution in [0.25, 0.3) is 11.5 Å². The number of nitrogens with zero attached hydrogens (tertiary/aromatic N) is 4. The van der Waals surface area contributed by atoms with Crippen LogP contribution >= 0.6 is 0 Å². The van der Waals surface area contributed by atoms with Gasteiger partial charge in [0.1, 0.15) is 11.5 Å². The van der Waals surface area contributed by atoms with Crippen LogP contribution in [-0.4, -0.2) is 40.2 Å². The maximum absolute atomic E-state index is 5.92. The summed E-state index contributed by atoms with van der Waals surface area (Å²) >= 11 is 0. The Bertz CT molecular complexity index is 919. The highest BCUT2D eigenvalue weighted by atomic mass is 16.5. The molecule has 2 aromatic heterocycles. The first kappa shape index (κ1) is 17.5. The molecular formula is C20H22N4O3. The lowest BCUT2D eigenvalue weighted by atomic mass is 10.2. The molecule has 27 heavy (non-hydrogen) atoms. The van der Waals surface area contributed by atoms with Gasteiger partial charge in [-0.15, -0.1) is 0 Å². The normalized spacial score (nSPS) is 14.4. The zero-order valence-electron chi connectivity index (χ0n) is 15.5. The van der Waals surface area contributed by atoms with E-state index in [0.29, 0.717) is 23.3 Å². The van der Waals surface area contributed by atoms with Crippen LogP contribution in [0.15, 0.2) is 41.1 Å². The molecule has 7 nitrogen and oxygen atoms in total. The van der Waals surface area contributed by atoms with Gasteiger partial charge in [-0.1, -0.05) is 11.2 Å². The van der Waals surface area contributed by atoms with Crippen molar-refractivity contribution in [3.05, 3.63) is 47.9 Å². The highest BCUT2D eigenvalue weighted by molar-refractivity contribution is 5.54. The van der Waals surface area contributed by atoms with Gasteiger partial charge in [-0.05, 0) is 45.0 Å². The lowest BCUT2D eigenvalue weighted by Crippen LogP contribution is -2.18. The van der Waals surface area contributed by atoms with Crippen molar-refractivity contribution < 1.29 is 14.0 Å². The summed E-state index contributed by atoms with van der Waals surface area (Å²) in [7, 11) is 1.68. The van der Waals surface area contributed by atoms with E-state index in [2.05, 4.69) is 26.1 Å². The number of rotatable bonds is 6. The van der Waals surface area contributed by atoms with Gasteiger partial charge in [-0.3, -0.25) is 4.90 Å². The van der Waals surface area contributed by atoms with Crippen LogP contribution in [0.3, 0.4) is 0 Å². The lowest BCUT2D eigenvalue weighted by molar-refractivity contribution is 0.320. The predicted octanol–water partition coefficient (Wildman–Crippen LogP) is 3.84. The van der Waals surface area contributed by atoms with Crippen molar-refractivity contribution in [1.82, 2.24) is 20.0 Å². The van der Waals surface area contributed by atoms with Gasteiger partial charge in [0.2, 0.25) is 5.88 Å². The number of benzene rings is 1. The molecule has 0 aliphatic carbocycles. The van der Waals surface area contributed by atoms with Gasteiger partial charge < -0.3 is 14.0 Å². The van der Waals surface area contributed by atoms with Gasteiger partial charge in [0.25, 0.3) is 5.89 Å². The maximum Gasteiger partial charge on any atom is 0.258 e. The topological polar surface area (TPSA) is 73.5 Å². The zero-order valence-corrected chi connectivity index (χ0v) is 15.5. The third kappa shape index (κ3) is 4.09. The minimum Gasteiger partial charge on any atom is -0.496 e. The number of hydrogen-bond acceptors (Lipinski definition) is 7. The highest BCUT2D eigenvalue weighted by Crippen LogP contribution is 2.30. The molecule has 7 heteroatoms. The Balaban J connectivity index is 1.52. The average molecular weight is 366 g/mol. The molecule has 0 amide bonds. The van der Waals surface area contributed by atoms with Crippen molar-refractivity contribution in [2.24, 2.45) is 0 Å². The third-order valence-electron chi connectivity index (χ3n) is 4.58. The average Bonchev–Trinajstić information content (AvgIpc) is 3.35. The van der Waals surface area contributed by atoms with Crippen molar-refractivity contribution in [2.75, 3.05) is 20.2 Å². The van der Waals surface area contributed by atoms with Crippen LogP contribution < -0.4 is 9.47 Å². The fourth-order valence-corrected chi connectivity index (χ4v) is 3.23. The minimum absolute atomic E-state index is 0.443. The van der Waals surface area contributed by atoms with Crippen LogP contribution in [0.2, 0.25) is 0 Å². The van der Waals surface area contributed by atoms with E-state index in [0.717, 1.165) is 36.5 Å². The molecular weight excluding hydrogens is 344 g/mol. The number of pyridine rings is 1. The summed E-state index contributed by atoms with van der Waals surface area (Å²) in [5, 5.41) is 3.81. The molecule has 4 rings (SSSR count). The van der Waals surface area contributed by atoms with Crippen molar-refractivity contribution in [2.45, 2.75) is 26.3 Å². The third-order valence-corrected chi connectivity index (χ3v) is 4.58. The van der Waals surface area contributed by atoms with Gasteiger partial charge in [-0.2, -0.15) is 4.98 Å². The van der Waals surface area contributed by atoms with E-state index in [9.17, 15) is 0 Å². The minimum atomic E-state index is 0.443. The van der Waals surface area contributed by atoms with Gasteiger partial charge in [0, 0.05) is 36.0 Å². The molecule has 140 valence electrons. The Morgan fingerprint density at radius 2 is 2.00 bits per heavy atom. The van der Waals surface area contributed by atoms with Gasteiger partial charge >= 0.3 is 0 Å². The van der Waals surface area contributed by atoms with E-state index in [1.165, 1.54) is 12.8 Å². The number of aryl methyl sites for hydroxylation is 1. The van der Waals surface area contributed by atoms with E-state index < -0.39 is 0 Å². The first-order valence-electron chi connectivity index (χ1n) is 9.05. The zero-order chi connectivity index (χ0) is 18.6. The second-order valence-electron chi connectivity index (χ2n) is 6.59. The first-order chi connectivity index (χ1) is 13.2. The Kier molecular flexibility index (Phi) is 5.02. The summed E-state index contributed by atoms with van der Waals surface area (Å²) in [5.41, 5.74) is 1.92. The molecule has 1 fully saturated rings. The van der Waals surface area contributed by atoms with Gasteiger partial charge in [-0.25, -0.2) is 4.98 Å². The molecule has 3 aromatic rings. The molecule has 0 spiro atoms. The number of aromatic nitrogens is 3. The molecule has 3 heterocycles. The van der Waals surface area contributed by atoms with Crippen LogP contribution in [0.1, 0.15) is 24.2 Å². The largest absolute Gasteiger partial charge is 0.496 e. The monoisotopic (exact) mass is 366 g/mol. The molecule has 1 aliphatic heterocycles. The number of hydrogen-bond donors (Lipinski definition) is 0. The van der Waals surface area contributed by atoms with E-state index in [-0.39, 0.29) is 0 Å². The van der Waals surface area contributed by atoms with E-state index in [1.54, 1.807) is 32.4 Å². The Labute approximate surface area is 157 Å². The molecule has 1 aromatic carbocycles. The van der Waals surface area contributed by atoms with Gasteiger partial charge in [0.05, 0.1) is 7.11 Å². The second-order valence-corrected chi connectivity index (χ2v) is 6.59. The fraction of sp³-hybridized carbons (Fsp3) is 0.350. The molecule has 1 saturated heterocycles. The van der Waals surface area contributed by atoms with Crippen molar-refractivity contribution in [3.63, 3.8) is 0 Å². The number of methoxy groups -OCH3 is 1. The second kappa shape index (κ2) is 7.75. The SMILES string of the molecule is COc1cc(Oc2cc(-c3nc(C)no3)ccn2)ccc1CN1CCCC1. The Hall–Kier alpha value is -2.93. The van der Waals surface area contributed by atoms with Crippen LogP contribution in [0, 0.1) is 6.92 Å². The smallest absolute Gasteiger partial charge is 0.258 e. The molecule has 0 N–H and O–H groups in total. The van der Waals surface area contributed by atoms with Crippen molar-refractivity contribution >= 4 is 0 Å². The summed E-state index contributed by atoms with van der Waals surface area (Å²) in [5.74, 6) is 2.98. The summed E-state index contributed by atoms with van der Waals surface area (Å²) in [6, 6.07) is 9.48. The van der Waals surface area contributed by atoms with Gasteiger partial charge in [0.15, 0.2) is 5.82 Å². The quantitative estimate of drug-likeness (QED) is 0.656. The Morgan fingerprint density at radius 1 is 1.15 bits per heavy atom. The van der Waals surface area contributed by atoms with Crippen LogP contribution in [-0.2, 0) is 6.54 Å². The summed E-state index contributed by atoms with van der Waals surface area (Å²) < 4.78 is 16.7. The van der Waals surface area contributed by atoms with E-state index in [4.69, 9.17) is 14.0 Å². The lowest BCUT2D eigenvalue weighted by Gasteiger charge is -2.17. The van der Waals surface area contributed by atoms with Crippen LogP contribution in [0.4, 0.5) is 0 Å². The fourth-order valence-electron chi connectivity index (χ4n) is 3.23. The van der Waals surface area contributed by atoms with Crippen LogP contribution in [0.5, 0.6) is 17.4 Å². The first-order valence-corrected chi connectivity index (χ1v) is 9.05. The van der Waals surface area contributed by atoms with E-state index >= 15 is 0 Å². The summed E-state index contributed by atoms with van der Waals surface area (Å²) in [6.07, 6.45) is 4.19. The van der Waals surface area contributed by atoms with E-state index in [1.807, 2.05) is 12.1 Å². The summed E-state index contributed by atoms with van der Waals surface area (Å²) in [6.45, 7) is 4.97.